The standard InChI is InChI=1S/C17H20N6O/c1-5-13(18)16-20-11(4)8-14(21-16)17-22-15(23-24-17)12-6-9(2)19-10(3)7-12/h6-8,13H,5,18H2,1-4H3. The zero-order valence-corrected chi connectivity index (χ0v) is 14.2. The maximum atomic E-state index is 6.04. The topological polar surface area (TPSA) is 104 Å². The molecule has 0 aliphatic carbocycles. The summed E-state index contributed by atoms with van der Waals surface area (Å²) in [5.41, 5.74) is 10.1. The van der Waals surface area contributed by atoms with Gasteiger partial charge in [0.25, 0.3) is 5.89 Å². The molecule has 0 saturated heterocycles. The molecule has 124 valence electrons. The van der Waals surface area contributed by atoms with Gasteiger partial charge in [-0.25, -0.2) is 9.97 Å². The van der Waals surface area contributed by atoms with Crippen molar-refractivity contribution in [3.8, 4) is 23.0 Å². The predicted octanol–water partition coefficient (Wildman–Crippen LogP) is 2.92. The van der Waals surface area contributed by atoms with E-state index in [1.54, 1.807) is 0 Å². The Balaban J connectivity index is 2.00. The Morgan fingerprint density at radius 1 is 0.958 bits per heavy atom. The average Bonchev–Trinajstić information content (AvgIpc) is 3.02. The number of aromatic nitrogens is 5. The van der Waals surface area contributed by atoms with Crippen LogP contribution in [0.5, 0.6) is 0 Å². The molecule has 3 heterocycles. The molecule has 1 unspecified atom stereocenters. The number of hydrogen-bond donors (Lipinski definition) is 1. The Bertz CT molecular complexity index is 853. The largest absolute Gasteiger partial charge is 0.332 e. The van der Waals surface area contributed by atoms with Gasteiger partial charge in [0, 0.05) is 22.6 Å². The van der Waals surface area contributed by atoms with Gasteiger partial charge in [-0.1, -0.05) is 12.1 Å². The van der Waals surface area contributed by atoms with E-state index in [4.69, 9.17) is 10.3 Å². The normalized spacial score (nSPS) is 12.4. The first-order chi connectivity index (χ1) is 11.5. The van der Waals surface area contributed by atoms with Gasteiger partial charge < -0.3 is 10.3 Å². The number of pyridine rings is 1. The van der Waals surface area contributed by atoms with Crippen molar-refractivity contribution in [1.29, 1.82) is 0 Å². The monoisotopic (exact) mass is 324 g/mol. The van der Waals surface area contributed by atoms with Gasteiger partial charge in [-0.05, 0) is 45.4 Å². The number of rotatable bonds is 4. The zero-order valence-electron chi connectivity index (χ0n) is 14.2. The first-order valence-corrected chi connectivity index (χ1v) is 7.87. The number of nitrogens with zero attached hydrogens (tertiary/aromatic N) is 5. The SMILES string of the molecule is CCC(N)c1nc(C)cc(-c2nc(-c3cc(C)nc(C)c3)no2)n1. The maximum absolute atomic E-state index is 6.04. The number of nitrogens with two attached hydrogens (primary N) is 1. The van der Waals surface area contributed by atoms with Crippen molar-refractivity contribution in [3.63, 3.8) is 0 Å². The maximum Gasteiger partial charge on any atom is 0.276 e. The third-order valence-corrected chi connectivity index (χ3v) is 3.63. The molecule has 0 bridgehead atoms. The Morgan fingerprint density at radius 2 is 1.62 bits per heavy atom. The Morgan fingerprint density at radius 3 is 2.29 bits per heavy atom. The summed E-state index contributed by atoms with van der Waals surface area (Å²) in [5.74, 6) is 1.45. The molecule has 24 heavy (non-hydrogen) atoms. The van der Waals surface area contributed by atoms with E-state index >= 15 is 0 Å². The minimum Gasteiger partial charge on any atom is -0.332 e. The van der Waals surface area contributed by atoms with Crippen LogP contribution in [0.3, 0.4) is 0 Å². The second-order valence-electron chi connectivity index (χ2n) is 5.83. The highest BCUT2D eigenvalue weighted by molar-refractivity contribution is 5.58. The first kappa shape index (κ1) is 16.2. The van der Waals surface area contributed by atoms with Gasteiger partial charge in [0.15, 0.2) is 0 Å². The molecule has 0 spiro atoms. The van der Waals surface area contributed by atoms with E-state index in [0.717, 1.165) is 29.1 Å². The van der Waals surface area contributed by atoms with Crippen LogP contribution < -0.4 is 5.73 Å². The molecule has 0 aromatic carbocycles. The molecule has 3 aromatic rings. The van der Waals surface area contributed by atoms with Crippen LogP contribution in [0.1, 0.15) is 42.3 Å². The fourth-order valence-corrected chi connectivity index (χ4v) is 2.46. The van der Waals surface area contributed by atoms with E-state index < -0.39 is 0 Å². The minimum atomic E-state index is -0.212. The van der Waals surface area contributed by atoms with Crippen molar-refractivity contribution in [3.05, 3.63) is 41.1 Å². The van der Waals surface area contributed by atoms with Gasteiger partial charge in [0.2, 0.25) is 5.82 Å². The van der Waals surface area contributed by atoms with Crippen molar-refractivity contribution >= 4 is 0 Å². The number of hydrogen-bond acceptors (Lipinski definition) is 7. The van der Waals surface area contributed by atoms with E-state index in [-0.39, 0.29) is 6.04 Å². The van der Waals surface area contributed by atoms with Crippen LogP contribution >= 0.6 is 0 Å². The summed E-state index contributed by atoms with van der Waals surface area (Å²) in [4.78, 5) is 17.7. The van der Waals surface area contributed by atoms with Crippen LogP contribution in [-0.4, -0.2) is 25.1 Å². The fourth-order valence-electron chi connectivity index (χ4n) is 2.46. The molecule has 7 heteroatoms. The summed E-state index contributed by atoms with van der Waals surface area (Å²) < 4.78 is 5.40. The lowest BCUT2D eigenvalue weighted by atomic mass is 10.2. The molecule has 3 rings (SSSR count). The van der Waals surface area contributed by atoms with Crippen LogP contribution in [0.25, 0.3) is 23.0 Å². The Hall–Kier alpha value is -2.67. The second-order valence-corrected chi connectivity index (χ2v) is 5.83. The van der Waals surface area contributed by atoms with Gasteiger partial charge >= 0.3 is 0 Å². The molecule has 7 nitrogen and oxygen atoms in total. The molecule has 0 amide bonds. The van der Waals surface area contributed by atoms with Gasteiger partial charge in [-0.3, -0.25) is 4.98 Å². The van der Waals surface area contributed by atoms with Crippen molar-refractivity contribution < 1.29 is 4.52 Å². The summed E-state index contributed by atoms with van der Waals surface area (Å²) in [6, 6.07) is 5.44. The highest BCUT2D eigenvalue weighted by Crippen LogP contribution is 2.23. The van der Waals surface area contributed by atoms with Gasteiger partial charge in [0.1, 0.15) is 11.5 Å². The Labute approximate surface area is 140 Å². The Kier molecular flexibility index (Phi) is 4.35. The second kappa shape index (κ2) is 6.45. The summed E-state index contributed by atoms with van der Waals surface area (Å²) >= 11 is 0. The molecular weight excluding hydrogens is 304 g/mol. The predicted molar refractivity (Wildman–Crippen MR) is 90.0 cm³/mol. The first-order valence-electron chi connectivity index (χ1n) is 7.87. The van der Waals surface area contributed by atoms with Gasteiger partial charge in [0.05, 0.1) is 6.04 Å². The van der Waals surface area contributed by atoms with E-state index in [1.807, 2.05) is 45.9 Å². The summed E-state index contributed by atoms with van der Waals surface area (Å²) in [6.45, 7) is 7.76. The lowest BCUT2D eigenvalue weighted by molar-refractivity contribution is 0.430. The molecule has 0 radical (unpaired) electrons. The number of aryl methyl sites for hydroxylation is 3. The fraction of sp³-hybridized carbons (Fsp3) is 0.353. The summed E-state index contributed by atoms with van der Waals surface area (Å²) in [5, 5.41) is 4.06. The van der Waals surface area contributed by atoms with E-state index in [0.29, 0.717) is 23.2 Å². The quantitative estimate of drug-likeness (QED) is 0.786. The van der Waals surface area contributed by atoms with Crippen LogP contribution in [0.15, 0.2) is 22.7 Å². The summed E-state index contributed by atoms with van der Waals surface area (Å²) in [6.07, 6.45) is 0.757. The van der Waals surface area contributed by atoms with E-state index in [9.17, 15) is 0 Å². The van der Waals surface area contributed by atoms with E-state index in [1.165, 1.54) is 0 Å². The van der Waals surface area contributed by atoms with Gasteiger partial charge in [-0.15, -0.1) is 0 Å². The van der Waals surface area contributed by atoms with Crippen molar-refractivity contribution in [2.24, 2.45) is 5.73 Å². The van der Waals surface area contributed by atoms with E-state index in [2.05, 4.69) is 25.1 Å². The van der Waals surface area contributed by atoms with Gasteiger partial charge in [-0.2, -0.15) is 4.98 Å². The molecule has 0 aliphatic rings. The molecule has 2 N–H and O–H groups in total. The zero-order chi connectivity index (χ0) is 17.3. The molecular formula is C17H20N6O. The van der Waals surface area contributed by atoms with Crippen LogP contribution in [-0.2, 0) is 0 Å². The van der Waals surface area contributed by atoms with Crippen LogP contribution in [0.2, 0.25) is 0 Å². The van der Waals surface area contributed by atoms with Crippen LogP contribution in [0.4, 0.5) is 0 Å². The third-order valence-electron chi connectivity index (χ3n) is 3.63. The van der Waals surface area contributed by atoms with Crippen molar-refractivity contribution in [1.82, 2.24) is 25.1 Å². The third kappa shape index (κ3) is 3.30. The van der Waals surface area contributed by atoms with Crippen molar-refractivity contribution in [2.75, 3.05) is 0 Å². The molecule has 0 saturated carbocycles. The van der Waals surface area contributed by atoms with Crippen molar-refractivity contribution in [2.45, 2.75) is 40.2 Å². The lowest BCUT2D eigenvalue weighted by Gasteiger charge is -2.08. The molecule has 0 aliphatic heterocycles. The lowest BCUT2D eigenvalue weighted by Crippen LogP contribution is -2.14. The smallest absolute Gasteiger partial charge is 0.276 e. The minimum absolute atomic E-state index is 0.212. The van der Waals surface area contributed by atoms with Crippen LogP contribution in [0, 0.1) is 20.8 Å². The average molecular weight is 324 g/mol. The molecule has 3 aromatic heterocycles. The highest BCUT2D eigenvalue weighted by atomic mass is 16.5. The molecule has 0 fully saturated rings. The summed E-state index contributed by atoms with van der Waals surface area (Å²) in [7, 11) is 0. The highest BCUT2D eigenvalue weighted by Gasteiger charge is 2.16. The molecule has 1 atom stereocenters.